The van der Waals surface area contributed by atoms with E-state index in [1.165, 1.54) is 11.4 Å². The van der Waals surface area contributed by atoms with Crippen LogP contribution >= 0.6 is 11.3 Å². The third kappa shape index (κ3) is 2.71. The Morgan fingerprint density at radius 3 is 2.92 bits per heavy atom. The molecule has 0 bridgehead atoms. The number of aliphatic carboxylic acids is 1. The predicted octanol–water partition coefficient (Wildman–Crippen LogP) is 1.12. The molecule has 0 aliphatic carbocycles. The van der Waals surface area contributed by atoms with Gasteiger partial charge in [-0.05, 0) is 0 Å². The van der Waals surface area contributed by atoms with Crippen molar-refractivity contribution in [2.45, 2.75) is 0 Å². The Kier molecular flexibility index (Phi) is 2.80. The van der Waals surface area contributed by atoms with Gasteiger partial charge in [-0.15, -0.1) is 11.3 Å². The van der Waals surface area contributed by atoms with Gasteiger partial charge in [-0.25, -0.2) is 4.79 Å². The molecule has 0 saturated heterocycles. The number of rotatable bonds is 4. The molecule has 0 fully saturated rings. The normalized spacial score (nSPS) is 9.54. The van der Waals surface area contributed by atoms with Crippen molar-refractivity contribution in [1.29, 1.82) is 0 Å². The Bertz CT molecular complexity index is 334. The maximum absolute atomic E-state index is 10.2. The third-order valence-corrected chi connectivity index (χ3v) is 1.94. The van der Waals surface area contributed by atoms with E-state index in [9.17, 15) is 14.9 Å². The zero-order valence-corrected chi connectivity index (χ0v) is 7.11. The summed E-state index contributed by atoms with van der Waals surface area (Å²) in [6.07, 6.45) is 0. The largest absolute Gasteiger partial charge is 0.479 e. The van der Waals surface area contributed by atoms with Gasteiger partial charge in [-0.3, -0.25) is 10.1 Å². The molecule has 6 nitrogen and oxygen atoms in total. The topological polar surface area (TPSA) is 89.7 Å². The molecule has 1 aromatic rings. The highest BCUT2D eigenvalue weighted by Gasteiger charge is 2.10. The molecule has 0 aromatic carbocycles. The lowest BCUT2D eigenvalue weighted by Crippen LogP contribution is -2.08. The van der Waals surface area contributed by atoms with E-state index in [2.05, 4.69) is 0 Å². The molecule has 1 N–H and O–H groups in total. The van der Waals surface area contributed by atoms with E-state index in [4.69, 9.17) is 9.84 Å². The van der Waals surface area contributed by atoms with Crippen LogP contribution < -0.4 is 4.74 Å². The number of carbonyl (C=O) groups is 1. The number of carboxylic acids is 1. The summed E-state index contributed by atoms with van der Waals surface area (Å²) in [6, 6.07) is 1.19. The van der Waals surface area contributed by atoms with E-state index in [0.717, 1.165) is 11.3 Å². The summed E-state index contributed by atoms with van der Waals surface area (Å²) < 4.78 is 4.71. The Hall–Kier alpha value is -1.63. The van der Waals surface area contributed by atoms with Gasteiger partial charge < -0.3 is 9.84 Å². The molecule has 0 spiro atoms. The molecule has 0 aliphatic heterocycles. The molecule has 0 atom stereocenters. The number of nitro groups is 1. The SMILES string of the molecule is O=C(O)COc1cc([N+](=O)[O-])cs1. The Morgan fingerprint density at radius 2 is 2.46 bits per heavy atom. The number of hydrogen-bond donors (Lipinski definition) is 1. The van der Waals surface area contributed by atoms with Crippen molar-refractivity contribution in [2.75, 3.05) is 6.61 Å². The first-order valence-electron chi connectivity index (χ1n) is 3.17. The average Bonchev–Trinajstić information content (AvgIpc) is 2.48. The molecule has 1 rings (SSSR count). The molecule has 0 amide bonds. The first-order valence-corrected chi connectivity index (χ1v) is 4.05. The second-order valence-corrected chi connectivity index (χ2v) is 2.94. The number of thiophene rings is 1. The Morgan fingerprint density at radius 1 is 1.77 bits per heavy atom. The van der Waals surface area contributed by atoms with Gasteiger partial charge in [-0.1, -0.05) is 0 Å². The summed E-state index contributed by atoms with van der Waals surface area (Å²) in [7, 11) is 0. The van der Waals surface area contributed by atoms with Gasteiger partial charge in [0.25, 0.3) is 5.69 Å². The minimum atomic E-state index is -1.11. The van der Waals surface area contributed by atoms with Crippen molar-refractivity contribution in [2.24, 2.45) is 0 Å². The molecule has 1 heterocycles. The summed E-state index contributed by atoms with van der Waals surface area (Å²) in [5.41, 5.74) is -0.0922. The molecule has 0 radical (unpaired) electrons. The number of carboxylic acid groups (broad SMARTS) is 1. The van der Waals surface area contributed by atoms with E-state index in [1.807, 2.05) is 0 Å². The van der Waals surface area contributed by atoms with Crippen LogP contribution in [-0.2, 0) is 4.79 Å². The zero-order valence-electron chi connectivity index (χ0n) is 6.30. The monoisotopic (exact) mass is 203 g/mol. The van der Waals surface area contributed by atoms with E-state index < -0.39 is 17.5 Å². The quantitative estimate of drug-likeness (QED) is 0.585. The summed E-state index contributed by atoms with van der Waals surface area (Å²) in [5, 5.41) is 19.9. The fourth-order valence-corrected chi connectivity index (χ4v) is 1.32. The van der Waals surface area contributed by atoms with Crippen LogP contribution in [0.2, 0.25) is 0 Å². The van der Waals surface area contributed by atoms with Gasteiger partial charge in [0.05, 0.1) is 16.4 Å². The highest BCUT2D eigenvalue weighted by molar-refractivity contribution is 7.12. The van der Waals surface area contributed by atoms with Crippen molar-refractivity contribution in [3.63, 3.8) is 0 Å². The lowest BCUT2D eigenvalue weighted by molar-refractivity contribution is -0.384. The minimum Gasteiger partial charge on any atom is -0.479 e. The second-order valence-electron chi connectivity index (χ2n) is 2.06. The standard InChI is InChI=1S/C6H5NO5S/c8-5(9)2-12-6-1-4(3-13-6)7(10)11/h1,3H,2H2,(H,8,9). The van der Waals surface area contributed by atoms with Crippen LogP contribution in [-0.4, -0.2) is 22.6 Å². The molecular weight excluding hydrogens is 198 g/mol. The van der Waals surface area contributed by atoms with Crippen LogP contribution in [0.25, 0.3) is 0 Å². The van der Waals surface area contributed by atoms with Crippen LogP contribution in [0.5, 0.6) is 5.06 Å². The van der Waals surface area contributed by atoms with Gasteiger partial charge >= 0.3 is 5.97 Å². The van der Waals surface area contributed by atoms with Crippen molar-refractivity contribution in [3.8, 4) is 5.06 Å². The fourth-order valence-electron chi connectivity index (χ4n) is 0.612. The molecule has 7 heteroatoms. The van der Waals surface area contributed by atoms with Crippen LogP contribution in [0, 0.1) is 10.1 Å². The highest BCUT2D eigenvalue weighted by atomic mass is 32.1. The van der Waals surface area contributed by atoms with E-state index in [1.54, 1.807) is 0 Å². The third-order valence-electron chi connectivity index (χ3n) is 1.11. The molecule has 0 unspecified atom stereocenters. The summed E-state index contributed by atoms with van der Waals surface area (Å²) in [5.74, 6) is -1.11. The van der Waals surface area contributed by atoms with Gasteiger partial charge in [0.1, 0.15) is 0 Å². The Balaban J connectivity index is 2.59. The zero-order chi connectivity index (χ0) is 9.84. The van der Waals surface area contributed by atoms with Gasteiger partial charge in [-0.2, -0.15) is 0 Å². The van der Waals surface area contributed by atoms with Crippen molar-refractivity contribution in [1.82, 2.24) is 0 Å². The van der Waals surface area contributed by atoms with Gasteiger partial charge in [0, 0.05) is 0 Å². The molecular formula is C6H5NO5S. The number of nitrogens with zero attached hydrogens (tertiary/aromatic N) is 1. The van der Waals surface area contributed by atoms with Crippen LogP contribution in [0.1, 0.15) is 0 Å². The second kappa shape index (κ2) is 3.85. The van der Waals surface area contributed by atoms with E-state index in [-0.39, 0.29) is 10.8 Å². The van der Waals surface area contributed by atoms with Crippen molar-refractivity contribution < 1.29 is 19.6 Å². The summed E-state index contributed by atoms with van der Waals surface area (Å²) in [4.78, 5) is 19.7. The first-order chi connectivity index (χ1) is 6.09. The van der Waals surface area contributed by atoms with Gasteiger partial charge in [0.15, 0.2) is 11.7 Å². The summed E-state index contributed by atoms with van der Waals surface area (Å²) in [6.45, 7) is -0.488. The smallest absolute Gasteiger partial charge is 0.341 e. The molecule has 13 heavy (non-hydrogen) atoms. The molecule has 1 aromatic heterocycles. The van der Waals surface area contributed by atoms with Crippen molar-refractivity contribution in [3.05, 3.63) is 21.6 Å². The average molecular weight is 203 g/mol. The molecule has 70 valence electrons. The van der Waals surface area contributed by atoms with Crippen molar-refractivity contribution >= 4 is 23.0 Å². The van der Waals surface area contributed by atoms with Crippen LogP contribution in [0.3, 0.4) is 0 Å². The summed E-state index contributed by atoms with van der Waals surface area (Å²) >= 11 is 0.993. The first kappa shape index (κ1) is 9.46. The predicted molar refractivity (Wildman–Crippen MR) is 44.1 cm³/mol. The minimum absolute atomic E-state index is 0.0922. The van der Waals surface area contributed by atoms with Crippen LogP contribution in [0.15, 0.2) is 11.4 Å². The van der Waals surface area contributed by atoms with Gasteiger partial charge in [0.2, 0.25) is 0 Å². The van der Waals surface area contributed by atoms with E-state index >= 15 is 0 Å². The maximum Gasteiger partial charge on any atom is 0.341 e. The fraction of sp³-hybridized carbons (Fsp3) is 0.167. The Labute approximate surface area is 76.5 Å². The molecule has 0 saturated carbocycles. The maximum atomic E-state index is 10.2. The number of ether oxygens (including phenoxy) is 1. The lowest BCUT2D eigenvalue weighted by Gasteiger charge is -1.95. The number of hydrogen-bond acceptors (Lipinski definition) is 5. The van der Waals surface area contributed by atoms with E-state index in [0.29, 0.717) is 0 Å². The van der Waals surface area contributed by atoms with Crippen LogP contribution in [0.4, 0.5) is 5.69 Å². The lowest BCUT2D eigenvalue weighted by atomic mass is 10.5. The highest BCUT2D eigenvalue weighted by Crippen LogP contribution is 2.27. The molecule has 0 aliphatic rings.